The molecule has 1 aromatic heterocycles. The smallest absolute Gasteiger partial charge is 0.330 e. The lowest BCUT2D eigenvalue weighted by Gasteiger charge is -1.95. The summed E-state index contributed by atoms with van der Waals surface area (Å²) in [5.74, 6) is 0.249. The summed E-state index contributed by atoms with van der Waals surface area (Å²) in [4.78, 5) is 14.7. The molecule has 5 heteroatoms. The minimum atomic E-state index is -0.398. The molecule has 0 spiro atoms. The van der Waals surface area contributed by atoms with Crippen molar-refractivity contribution in [3.05, 3.63) is 18.2 Å². The Morgan fingerprint density at radius 3 is 3.15 bits per heavy atom. The van der Waals surface area contributed by atoms with E-state index in [9.17, 15) is 4.79 Å². The van der Waals surface area contributed by atoms with E-state index in [0.29, 0.717) is 5.82 Å². The van der Waals surface area contributed by atoms with E-state index in [-0.39, 0.29) is 0 Å². The van der Waals surface area contributed by atoms with Crippen molar-refractivity contribution in [2.24, 2.45) is 0 Å². The monoisotopic (exact) mass is 181 g/mol. The van der Waals surface area contributed by atoms with Gasteiger partial charge in [0.15, 0.2) is 5.82 Å². The molecule has 0 aliphatic carbocycles. The lowest BCUT2D eigenvalue weighted by Crippen LogP contribution is -2.00. The van der Waals surface area contributed by atoms with Gasteiger partial charge in [-0.05, 0) is 13.0 Å². The summed E-state index contributed by atoms with van der Waals surface area (Å²) in [6.07, 6.45) is 4.33. The van der Waals surface area contributed by atoms with Crippen LogP contribution >= 0.6 is 0 Å². The summed E-state index contributed by atoms with van der Waals surface area (Å²) in [6.45, 7) is 2.67. The molecule has 0 bridgehead atoms. The molecule has 1 rings (SSSR count). The first-order valence-electron chi connectivity index (χ1n) is 3.91. The van der Waals surface area contributed by atoms with Gasteiger partial charge in [-0.15, -0.1) is 0 Å². The fourth-order valence-corrected chi connectivity index (χ4v) is 0.856. The van der Waals surface area contributed by atoms with E-state index in [1.807, 2.05) is 6.92 Å². The number of rotatable bonds is 3. The van der Waals surface area contributed by atoms with Crippen molar-refractivity contribution in [1.29, 1.82) is 0 Å². The fraction of sp³-hybridized carbons (Fsp3) is 0.375. The molecule has 1 aromatic rings. The maximum Gasteiger partial charge on any atom is 0.330 e. The van der Waals surface area contributed by atoms with Crippen molar-refractivity contribution < 1.29 is 9.53 Å². The van der Waals surface area contributed by atoms with Gasteiger partial charge in [0, 0.05) is 12.6 Å². The van der Waals surface area contributed by atoms with Crippen LogP contribution in [0.4, 0.5) is 0 Å². The molecule has 0 atom stereocenters. The molecule has 0 amide bonds. The van der Waals surface area contributed by atoms with Crippen LogP contribution in [-0.2, 0) is 16.1 Å². The number of carbonyl (C=O) groups excluding carboxylic acids is 1. The number of methoxy groups -OCH3 is 1. The van der Waals surface area contributed by atoms with Crippen molar-refractivity contribution in [2.75, 3.05) is 7.11 Å². The highest BCUT2D eigenvalue weighted by atomic mass is 16.5. The van der Waals surface area contributed by atoms with E-state index in [1.165, 1.54) is 19.5 Å². The predicted octanol–water partition coefficient (Wildman–Crippen LogP) is 0.484. The van der Waals surface area contributed by atoms with Gasteiger partial charge in [-0.1, -0.05) is 0 Å². The number of hydrogen-bond acceptors (Lipinski definition) is 4. The summed E-state index contributed by atoms with van der Waals surface area (Å²) in [7, 11) is 1.33. The maximum atomic E-state index is 10.7. The zero-order chi connectivity index (χ0) is 9.68. The van der Waals surface area contributed by atoms with Crippen LogP contribution < -0.4 is 0 Å². The number of aryl methyl sites for hydroxylation is 1. The second-order valence-electron chi connectivity index (χ2n) is 2.29. The van der Waals surface area contributed by atoms with Gasteiger partial charge < -0.3 is 4.74 Å². The van der Waals surface area contributed by atoms with E-state index >= 15 is 0 Å². The summed E-state index contributed by atoms with van der Waals surface area (Å²) >= 11 is 0. The predicted molar refractivity (Wildman–Crippen MR) is 46.7 cm³/mol. The Balaban J connectivity index is 2.73. The Kier molecular flexibility index (Phi) is 3.19. The van der Waals surface area contributed by atoms with E-state index < -0.39 is 5.97 Å². The second kappa shape index (κ2) is 4.39. The fourth-order valence-electron chi connectivity index (χ4n) is 0.856. The second-order valence-corrected chi connectivity index (χ2v) is 2.29. The Morgan fingerprint density at radius 1 is 1.77 bits per heavy atom. The molecule has 0 saturated carbocycles. The quantitative estimate of drug-likeness (QED) is 0.503. The molecular weight excluding hydrogens is 170 g/mol. The van der Waals surface area contributed by atoms with Crippen LogP contribution in [0.5, 0.6) is 0 Å². The van der Waals surface area contributed by atoms with Crippen LogP contribution in [0, 0.1) is 0 Å². The number of nitrogens with zero attached hydrogens (tertiary/aromatic N) is 3. The number of aromatic nitrogens is 3. The molecule has 0 unspecified atom stereocenters. The van der Waals surface area contributed by atoms with Crippen LogP contribution in [0.2, 0.25) is 0 Å². The van der Waals surface area contributed by atoms with E-state index in [0.717, 1.165) is 6.54 Å². The SMILES string of the molecule is CCn1ncnc1/C=C/C(=O)OC. The topological polar surface area (TPSA) is 57.0 Å². The highest BCUT2D eigenvalue weighted by molar-refractivity contribution is 5.86. The Hall–Kier alpha value is -1.65. The van der Waals surface area contributed by atoms with Gasteiger partial charge in [-0.3, -0.25) is 0 Å². The number of carbonyl (C=O) groups is 1. The van der Waals surface area contributed by atoms with E-state index in [1.54, 1.807) is 10.8 Å². The third-order valence-corrected chi connectivity index (χ3v) is 1.51. The lowest BCUT2D eigenvalue weighted by atomic mass is 10.4. The molecule has 1 heterocycles. The van der Waals surface area contributed by atoms with Gasteiger partial charge in [-0.25, -0.2) is 14.5 Å². The van der Waals surface area contributed by atoms with E-state index in [4.69, 9.17) is 0 Å². The van der Waals surface area contributed by atoms with Crippen molar-refractivity contribution >= 4 is 12.0 Å². The third-order valence-electron chi connectivity index (χ3n) is 1.51. The zero-order valence-corrected chi connectivity index (χ0v) is 7.60. The lowest BCUT2D eigenvalue weighted by molar-refractivity contribution is -0.134. The van der Waals surface area contributed by atoms with Crippen LogP contribution in [0.15, 0.2) is 12.4 Å². The molecule has 0 saturated heterocycles. The van der Waals surface area contributed by atoms with Crippen LogP contribution in [0.25, 0.3) is 6.08 Å². The molecule has 70 valence electrons. The van der Waals surface area contributed by atoms with Crippen LogP contribution in [-0.4, -0.2) is 27.8 Å². The summed E-state index contributed by atoms with van der Waals surface area (Å²) < 4.78 is 6.12. The first-order chi connectivity index (χ1) is 6.27. The average Bonchev–Trinajstić information content (AvgIpc) is 2.61. The molecule has 0 radical (unpaired) electrons. The Morgan fingerprint density at radius 2 is 2.54 bits per heavy atom. The van der Waals surface area contributed by atoms with Gasteiger partial charge in [0.25, 0.3) is 0 Å². The van der Waals surface area contributed by atoms with Gasteiger partial charge >= 0.3 is 5.97 Å². The minimum absolute atomic E-state index is 0.398. The number of hydrogen-bond donors (Lipinski definition) is 0. The first-order valence-corrected chi connectivity index (χ1v) is 3.91. The van der Waals surface area contributed by atoms with Crippen molar-refractivity contribution in [2.45, 2.75) is 13.5 Å². The first kappa shape index (κ1) is 9.44. The molecule has 0 N–H and O–H groups in total. The van der Waals surface area contributed by atoms with Crippen molar-refractivity contribution in [3.8, 4) is 0 Å². The minimum Gasteiger partial charge on any atom is -0.466 e. The van der Waals surface area contributed by atoms with Gasteiger partial charge in [0.2, 0.25) is 0 Å². The molecule has 0 fully saturated rings. The van der Waals surface area contributed by atoms with Crippen molar-refractivity contribution in [1.82, 2.24) is 14.8 Å². The number of esters is 1. The largest absolute Gasteiger partial charge is 0.466 e. The van der Waals surface area contributed by atoms with Crippen molar-refractivity contribution in [3.63, 3.8) is 0 Å². The maximum absolute atomic E-state index is 10.7. The molecule has 0 aliphatic rings. The van der Waals surface area contributed by atoms with Crippen LogP contribution in [0.3, 0.4) is 0 Å². The number of ether oxygens (including phenoxy) is 1. The standard InChI is InChI=1S/C8H11N3O2/c1-3-11-7(9-6-10-11)4-5-8(12)13-2/h4-6H,3H2,1-2H3/b5-4+. The molecule has 13 heavy (non-hydrogen) atoms. The normalized spacial score (nSPS) is 10.6. The Bertz CT molecular complexity index is 317. The highest BCUT2D eigenvalue weighted by Crippen LogP contribution is 1.96. The Labute approximate surface area is 76.0 Å². The van der Waals surface area contributed by atoms with E-state index in [2.05, 4.69) is 14.8 Å². The summed E-state index contributed by atoms with van der Waals surface area (Å²) in [6, 6.07) is 0. The average molecular weight is 181 g/mol. The van der Waals surface area contributed by atoms with Gasteiger partial charge in [-0.2, -0.15) is 5.10 Å². The third kappa shape index (κ3) is 2.40. The summed E-state index contributed by atoms with van der Waals surface area (Å²) in [5, 5.41) is 3.94. The molecule has 0 aromatic carbocycles. The molecular formula is C8H11N3O2. The molecule has 0 aliphatic heterocycles. The van der Waals surface area contributed by atoms with Gasteiger partial charge in [0.05, 0.1) is 7.11 Å². The molecule has 5 nitrogen and oxygen atoms in total. The highest BCUT2D eigenvalue weighted by Gasteiger charge is 1.98. The zero-order valence-electron chi connectivity index (χ0n) is 7.60. The van der Waals surface area contributed by atoms with Gasteiger partial charge in [0.1, 0.15) is 6.33 Å². The van der Waals surface area contributed by atoms with Crippen LogP contribution in [0.1, 0.15) is 12.7 Å². The summed E-state index contributed by atoms with van der Waals surface area (Å²) in [5.41, 5.74) is 0.